The maximum Gasteiger partial charge on any atom is 0.216 e. The van der Waals surface area contributed by atoms with E-state index in [1.54, 1.807) is 10.9 Å². The van der Waals surface area contributed by atoms with E-state index in [2.05, 4.69) is 46.5 Å². The molecule has 6 heteroatoms. The minimum Gasteiger partial charge on any atom is -0.489 e. The van der Waals surface area contributed by atoms with Crippen molar-refractivity contribution in [3.8, 4) is 17.1 Å². The zero-order valence-electron chi connectivity index (χ0n) is 15.9. The van der Waals surface area contributed by atoms with Gasteiger partial charge in [0, 0.05) is 5.56 Å². The van der Waals surface area contributed by atoms with Crippen molar-refractivity contribution in [2.45, 2.75) is 13.5 Å². The molecule has 0 aliphatic rings. The van der Waals surface area contributed by atoms with E-state index in [-0.39, 0.29) is 0 Å². The predicted molar refractivity (Wildman–Crippen MR) is 118 cm³/mol. The number of benzene rings is 3. The molecular weight excluding hydrogens is 380 g/mol. The molecule has 29 heavy (non-hydrogen) atoms. The first-order valence-corrected chi connectivity index (χ1v) is 9.65. The molecular formula is C23H20N4OS. The van der Waals surface area contributed by atoms with Crippen molar-refractivity contribution in [2.75, 3.05) is 0 Å². The van der Waals surface area contributed by atoms with Crippen LogP contribution in [0.25, 0.3) is 11.4 Å². The molecule has 144 valence electrons. The summed E-state index contributed by atoms with van der Waals surface area (Å²) in [4.78, 5) is 0. The van der Waals surface area contributed by atoms with Crippen LogP contribution in [0.1, 0.15) is 16.7 Å². The van der Waals surface area contributed by atoms with Crippen molar-refractivity contribution in [2.24, 2.45) is 5.10 Å². The molecule has 0 radical (unpaired) electrons. The Balaban J connectivity index is 1.45. The number of hydrogen-bond donors (Lipinski definition) is 1. The molecule has 5 nitrogen and oxygen atoms in total. The molecule has 4 aromatic rings. The molecule has 1 aromatic heterocycles. The fraction of sp³-hybridized carbons (Fsp3) is 0.0870. The number of hydrogen-bond acceptors (Lipinski definition) is 4. The molecule has 1 heterocycles. The van der Waals surface area contributed by atoms with Gasteiger partial charge in [0.2, 0.25) is 4.77 Å². The lowest BCUT2D eigenvalue weighted by Crippen LogP contribution is -1.96. The van der Waals surface area contributed by atoms with Crippen LogP contribution in [0.15, 0.2) is 84.0 Å². The molecule has 0 unspecified atom stereocenters. The van der Waals surface area contributed by atoms with Crippen LogP contribution in [0.3, 0.4) is 0 Å². The SMILES string of the molecule is Cc1ccc(COc2ccc(/C=N\n3c(-c4ccccc4)n[nH]c3=S)cc2)cc1. The minimum absolute atomic E-state index is 0.443. The van der Waals surface area contributed by atoms with E-state index in [0.717, 1.165) is 22.4 Å². The van der Waals surface area contributed by atoms with Gasteiger partial charge in [0.25, 0.3) is 0 Å². The van der Waals surface area contributed by atoms with Gasteiger partial charge in [0.05, 0.1) is 6.21 Å². The van der Waals surface area contributed by atoms with E-state index in [4.69, 9.17) is 17.0 Å². The van der Waals surface area contributed by atoms with Crippen molar-refractivity contribution in [1.82, 2.24) is 14.9 Å². The van der Waals surface area contributed by atoms with Gasteiger partial charge in [-0.25, -0.2) is 5.10 Å². The molecule has 0 fully saturated rings. The first-order valence-electron chi connectivity index (χ1n) is 9.25. The number of rotatable bonds is 6. The molecule has 0 bridgehead atoms. The maximum atomic E-state index is 5.85. The molecule has 1 N–H and O–H groups in total. The topological polar surface area (TPSA) is 55.2 Å². The number of nitrogens with one attached hydrogen (secondary N) is 1. The summed E-state index contributed by atoms with van der Waals surface area (Å²) < 4.78 is 7.91. The van der Waals surface area contributed by atoms with Crippen LogP contribution in [0.4, 0.5) is 0 Å². The van der Waals surface area contributed by atoms with Crippen molar-refractivity contribution < 1.29 is 4.74 Å². The Morgan fingerprint density at radius 2 is 1.72 bits per heavy atom. The first-order chi connectivity index (χ1) is 14.2. The van der Waals surface area contributed by atoms with Crippen LogP contribution in [-0.4, -0.2) is 21.1 Å². The summed E-state index contributed by atoms with van der Waals surface area (Å²) >= 11 is 5.31. The van der Waals surface area contributed by atoms with Gasteiger partial charge in [-0.3, -0.25) is 0 Å². The molecule has 3 aromatic carbocycles. The predicted octanol–water partition coefficient (Wildman–Crippen LogP) is 5.38. The molecule has 0 spiro atoms. The van der Waals surface area contributed by atoms with E-state index in [1.165, 1.54) is 5.56 Å². The smallest absolute Gasteiger partial charge is 0.216 e. The van der Waals surface area contributed by atoms with Gasteiger partial charge >= 0.3 is 0 Å². The normalized spacial score (nSPS) is 11.1. The highest BCUT2D eigenvalue weighted by Gasteiger charge is 2.07. The lowest BCUT2D eigenvalue weighted by Gasteiger charge is -2.07. The lowest BCUT2D eigenvalue weighted by molar-refractivity contribution is 0.306. The Bertz CT molecular complexity index is 1160. The van der Waals surface area contributed by atoms with Crippen LogP contribution in [0.2, 0.25) is 0 Å². The number of aryl methyl sites for hydroxylation is 1. The average molecular weight is 401 g/mol. The first kappa shape index (κ1) is 18.8. The quantitative estimate of drug-likeness (QED) is 0.349. The largest absolute Gasteiger partial charge is 0.489 e. The van der Waals surface area contributed by atoms with Crippen molar-refractivity contribution in [3.05, 3.63) is 100 Å². The van der Waals surface area contributed by atoms with Crippen molar-refractivity contribution >= 4 is 18.4 Å². The number of aromatic nitrogens is 3. The lowest BCUT2D eigenvalue weighted by atomic mass is 10.2. The molecule has 0 saturated carbocycles. The molecule has 0 atom stereocenters. The number of aromatic amines is 1. The van der Waals surface area contributed by atoms with Crippen LogP contribution in [0.5, 0.6) is 5.75 Å². The Kier molecular flexibility index (Phi) is 5.63. The van der Waals surface area contributed by atoms with Crippen LogP contribution in [0, 0.1) is 11.7 Å². The molecule has 0 aliphatic heterocycles. The third-order valence-electron chi connectivity index (χ3n) is 4.41. The Labute approximate surface area is 174 Å². The highest BCUT2D eigenvalue weighted by Crippen LogP contribution is 2.17. The number of ether oxygens (including phenoxy) is 1. The summed E-state index contributed by atoms with van der Waals surface area (Å²) in [6.45, 7) is 2.61. The van der Waals surface area contributed by atoms with E-state index in [1.807, 2.05) is 54.6 Å². The van der Waals surface area contributed by atoms with E-state index < -0.39 is 0 Å². The summed E-state index contributed by atoms with van der Waals surface area (Å²) in [6.07, 6.45) is 1.75. The minimum atomic E-state index is 0.443. The number of nitrogens with zero attached hydrogens (tertiary/aromatic N) is 3. The van der Waals surface area contributed by atoms with Gasteiger partial charge < -0.3 is 4.74 Å². The third-order valence-corrected chi connectivity index (χ3v) is 4.68. The molecule has 0 saturated heterocycles. The van der Waals surface area contributed by atoms with Gasteiger partial charge in [-0.1, -0.05) is 60.2 Å². The van der Waals surface area contributed by atoms with Crippen LogP contribution < -0.4 is 4.74 Å². The van der Waals surface area contributed by atoms with E-state index >= 15 is 0 Å². The average Bonchev–Trinajstić information content (AvgIpc) is 3.13. The van der Waals surface area contributed by atoms with Gasteiger partial charge in [-0.2, -0.15) is 14.9 Å². The summed E-state index contributed by atoms with van der Waals surface area (Å²) in [5.41, 5.74) is 4.27. The molecule has 0 aliphatic carbocycles. The zero-order chi connectivity index (χ0) is 20.1. The Morgan fingerprint density at radius 3 is 2.45 bits per heavy atom. The highest BCUT2D eigenvalue weighted by atomic mass is 32.1. The highest BCUT2D eigenvalue weighted by molar-refractivity contribution is 7.71. The second kappa shape index (κ2) is 8.67. The molecule has 0 amide bonds. The Hall–Kier alpha value is -3.51. The standard InChI is InChI=1S/C23H20N4OS/c1-17-7-9-19(10-8-17)16-28-21-13-11-18(12-14-21)15-24-27-22(25-26-23(27)29)20-5-3-2-4-6-20/h2-15H,16H2,1H3,(H,26,29)/b24-15-. The zero-order valence-corrected chi connectivity index (χ0v) is 16.8. The Morgan fingerprint density at radius 1 is 1.00 bits per heavy atom. The maximum absolute atomic E-state index is 5.85. The van der Waals surface area contributed by atoms with E-state index in [9.17, 15) is 0 Å². The van der Waals surface area contributed by atoms with Gasteiger partial charge in [0.1, 0.15) is 12.4 Å². The summed E-state index contributed by atoms with van der Waals surface area (Å²) in [7, 11) is 0. The monoisotopic (exact) mass is 400 g/mol. The van der Waals surface area contributed by atoms with Crippen molar-refractivity contribution in [1.29, 1.82) is 0 Å². The summed E-state index contributed by atoms with van der Waals surface area (Å²) in [5, 5.41) is 11.6. The van der Waals surface area contributed by atoms with Gasteiger partial charge in [-0.05, 0) is 54.5 Å². The van der Waals surface area contributed by atoms with Crippen molar-refractivity contribution in [3.63, 3.8) is 0 Å². The van der Waals surface area contributed by atoms with Crippen LogP contribution in [-0.2, 0) is 6.61 Å². The second-order valence-electron chi connectivity index (χ2n) is 6.62. The van der Waals surface area contributed by atoms with Gasteiger partial charge in [0.15, 0.2) is 5.82 Å². The fourth-order valence-electron chi connectivity index (χ4n) is 2.80. The fourth-order valence-corrected chi connectivity index (χ4v) is 2.98. The molecule has 4 rings (SSSR count). The third kappa shape index (κ3) is 4.67. The van der Waals surface area contributed by atoms with E-state index in [0.29, 0.717) is 17.2 Å². The van der Waals surface area contributed by atoms with Gasteiger partial charge in [-0.15, -0.1) is 0 Å². The summed E-state index contributed by atoms with van der Waals surface area (Å²) in [5.74, 6) is 1.48. The summed E-state index contributed by atoms with van der Waals surface area (Å²) in [6, 6.07) is 25.9. The second-order valence-corrected chi connectivity index (χ2v) is 7.00. The van der Waals surface area contributed by atoms with Crippen LogP contribution >= 0.6 is 12.2 Å². The number of H-pyrrole nitrogens is 1.